The molecule has 0 aromatic carbocycles. The average Bonchev–Trinajstić information content (AvgIpc) is 3.13. The highest BCUT2D eigenvalue weighted by atomic mass is 32.1. The Morgan fingerprint density at radius 1 is 1.28 bits per heavy atom. The zero-order valence-electron chi connectivity index (χ0n) is 9.85. The van der Waals surface area contributed by atoms with Crippen molar-refractivity contribution in [2.24, 2.45) is 0 Å². The Labute approximate surface area is 114 Å². The van der Waals surface area contributed by atoms with Crippen molar-refractivity contribution in [2.45, 2.75) is 25.7 Å². The van der Waals surface area contributed by atoms with Crippen molar-refractivity contribution in [1.29, 1.82) is 5.26 Å². The number of allylic oxidation sites excluding steroid dienone is 2. The Hall–Kier alpha value is -1.44. The van der Waals surface area contributed by atoms with Crippen LogP contribution >= 0.6 is 22.7 Å². The lowest BCUT2D eigenvalue weighted by Crippen LogP contribution is -1.86. The lowest BCUT2D eigenvalue weighted by Gasteiger charge is -1.98. The first kappa shape index (κ1) is 11.6. The molecule has 90 valence electrons. The Morgan fingerprint density at radius 2 is 2.11 bits per heavy atom. The summed E-state index contributed by atoms with van der Waals surface area (Å²) in [6.07, 6.45) is 4.56. The summed E-state index contributed by atoms with van der Waals surface area (Å²) in [5.74, 6) is 0. The fourth-order valence-electron chi connectivity index (χ4n) is 2.26. The van der Waals surface area contributed by atoms with Crippen LogP contribution in [0.2, 0.25) is 0 Å². The maximum absolute atomic E-state index is 9.34. The van der Waals surface area contributed by atoms with Crippen LogP contribution in [0.5, 0.6) is 0 Å². The third-order valence-corrected chi connectivity index (χ3v) is 4.92. The van der Waals surface area contributed by atoms with Crippen LogP contribution in [0.4, 0.5) is 0 Å². The third kappa shape index (κ3) is 2.12. The highest BCUT2D eigenvalue weighted by Crippen LogP contribution is 2.34. The van der Waals surface area contributed by atoms with Crippen LogP contribution in [0.25, 0.3) is 16.1 Å². The summed E-state index contributed by atoms with van der Waals surface area (Å²) in [7, 11) is 0. The summed E-state index contributed by atoms with van der Waals surface area (Å²) in [6, 6.07) is 6.45. The molecular weight excluding hydrogens is 260 g/mol. The minimum absolute atomic E-state index is 0.820. The van der Waals surface area contributed by atoms with E-state index < -0.39 is 0 Å². The first-order chi connectivity index (χ1) is 8.88. The number of aromatic nitrogens is 1. The average molecular weight is 272 g/mol. The smallest absolute Gasteiger partial charge is 0.134 e. The minimum atomic E-state index is 0.820. The van der Waals surface area contributed by atoms with Crippen molar-refractivity contribution in [3.63, 3.8) is 0 Å². The van der Waals surface area contributed by atoms with Gasteiger partial charge in [0.05, 0.1) is 16.1 Å². The van der Waals surface area contributed by atoms with E-state index in [1.165, 1.54) is 23.3 Å². The molecule has 0 spiro atoms. The molecule has 1 saturated carbocycles. The molecular formula is C14H12N2S2. The fourth-order valence-corrected chi connectivity index (χ4v) is 3.88. The molecule has 0 amide bonds. The fraction of sp³-hybridized carbons (Fsp3) is 0.286. The van der Waals surface area contributed by atoms with E-state index in [2.05, 4.69) is 22.5 Å². The number of nitrogens with zero attached hydrogens (tertiary/aromatic N) is 2. The topological polar surface area (TPSA) is 36.7 Å². The summed E-state index contributed by atoms with van der Waals surface area (Å²) < 4.78 is 0. The second-order valence-corrected chi connectivity index (χ2v) is 6.12. The van der Waals surface area contributed by atoms with Crippen LogP contribution in [0.3, 0.4) is 0 Å². The maximum Gasteiger partial charge on any atom is 0.134 e. The first-order valence-electron chi connectivity index (χ1n) is 6.00. The third-order valence-electron chi connectivity index (χ3n) is 3.16. The molecule has 0 radical (unpaired) electrons. The van der Waals surface area contributed by atoms with Gasteiger partial charge < -0.3 is 0 Å². The molecule has 0 saturated heterocycles. The van der Waals surface area contributed by atoms with Crippen LogP contribution in [0, 0.1) is 11.3 Å². The summed E-state index contributed by atoms with van der Waals surface area (Å²) in [4.78, 5) is 5.79. The summed E-state index contributed by atoms with van der Waals surface area (Å²) in [6.45, 7) is 0. The Balaban J connectivity index is 1.98. The van der Waals surface area contributed by atoms with Crippen LogP contribution in [0.1, 0.15) is 30.7 Å². The van der Waals surface area contributed by atoms with Gasteiger partial charge in [-0.25, -0.2) is 4.98 Å². The minimum Gasteiger partial charge on any atom is -0.234 e. The molecule has 3 rings (SSSR count). The van der Waals surface area contributed by atoms with Crippen molar-refractivity contribution in [3.05, 3.63) is 33.5 Å². The summed E-state index contributed by atoms with van der Waals surface area (Å²) in [5.41, 5.74) is 3.11. The second kappa shape index (κ2) is 5.05. The van der Waals surface area contributed by atoms with E-state index in [0.29, 0.717) is 0 Å². The monoisotopic (exact) mass is 272 g/mol. The molecule has 18 heavy (non-hydrogen) atoms. The predicted octanol–water partition coefficient (Wildman–Crippen LogP) is 4.72. The van der Waals surface area contributed by atoms with Gasteiger partial charge in [0.1, 0.15) is 11.1 Å². The number of thiazole rings is 1. The molecule has 0 unspecified atom stereocenters. The van der Waals surface area contributed by atoms with Gasteiger partial charge in [-0.3, -0.25) is 0 Å². The Kier molecular flexibility index (Phi) is 3.26. The van der Waals surface area contributed by atoms with Crippen LogP contribution < -0.4 is 0 Å². The van der Waals surface area contributed by atoms with E-state index in [1.54, 1.807) is 22.7 Å². The first-order valence-corrected chi connectivity index (χ1v) is 7.76. The molecule has 2 heterocycles. The quantitative estimate of drug-likeness (QED) is 0.741. The zero-order chi connectivity index (χ0) is 12.4. The Morgan fingerprint density at radius 3 is 2.78 bits per heavy atom. The number of hydrogen-bond acceptors (Lipinski definition) is 4. The van der Waals surface area contributed by atoms with Gasteiger partial charge in [0, 0.05) is 5.38 Å². The maximum atomic E-state index is 9.34. The Bertz CT molecular complexity index is 607. The van der Waals surface area contributed by atoms with Crippen LogP contribution in [0.15, 0.2) is 28.5 Å². The van der Waals surface area contributed by atoms with Crippen molar-refractivity contribution in [1.82, 2.24) is 4.98 Å². The second-order valence-electron chi connectivity index (χ2n) is 4.31. The van der Waals surface area contributed by atoms with Gasteiger partial charge in [-0.15, -0.1) is 22.7 Å². The summed E-state index contributed by atoms with van der Waals surface area (Å²) in [5, 5.41) is 14.3. The summed E-state index contributed by atoms with van der Waals surface area (Å²) >= 11 is 3.27. The largest absolute Gasteiger partial charge is 0.234 e. The predicted molar refractivity (Wildman–Crippen MR) is 76.4 cm³/mol. The lowest BCUT2D eigenvalue weighted by atomic mass is 10.1. The number of thiophene rings is 1. The SMILES string of the molecule is N#CC(=C1CCCC1)c1nc(-c2cccs2)cs1. The molecule has 0 bridgehead atoms. The van der Waals surface area contributed by atoms with E-state index in [-0.39, 0.29) is 0 Å². The van der Waals surface area contributed by atoms with Crippen LogP contribution in [-0.2, 0) is 0 Å². The van der Waals surface area contributed by atoms with Gasteiger partial charge in [-0.1, -0.05) is 6.07 Å². The number of rotatable bonds is 2. The molecule has 2 aromatic heterocycles. The highest BCUT2D eigenvalue weighted by Gasteiger charge is 2.17. The van der Waals surface area contributed by atoms with E-state index in [4.69, 9.17) is 0 Å². The van der Waals surface area contributed by atoms with Gasteiger partial charge in [-0.2, -0.15) is 5.26 Å². The van der Waals surface area contributed by atoms with E-state index in [0.717, 1.165) is 29.1 Å². The molecule has 0 aliphatic heterocycles. The van der Waals surface area contributed by atoms with Gasteiger partial charge in [0.2, 0.25) is 0 Å². The molecule has 2 nitrogen and oxygen atoms in total. The van der Waals surface area contributed by atoms with Crippen LogP contribution in [-0.4, -0.2) is 4.98 Å². The van der Waals surface area contributed by atoms with Gasteiger partial charge in [0.15, 0.2) is 0 Å². The lowest BCUT2D eigenvalue weighted by molar-refractivity contribution is 0.886. The van der Waals surface area contributed by atoms with E-state index >= 15 is 0 Å². The number of nitriles is 1. The molecule has 0 N–H and O–H groups in total. The molecule has 0 atom stereocenters. The molecule has 1 aliphatic carbocycles. The highest BCUT2D eigenvalue weighted by molar-refractivity contribution is 7.14. The zero-order valence-corrected chi connectivity index (χ0v) is 11.5. The standard InChI is InChI=1S/C14H12N2S2/c15-8-11(10-4-1-2-5-10)14-16-12(9-18-14)13-6-3-7-17-13/h3,6-7,9H,1-2,4-5H2. The molecule has 4 heteroatoms. The van der Waals surface area contributed by atoms with E-state index in [1.807, 2.05) is 11.4 Å². The van der Waals surface area contributed by atoms with Gasteiger partial charge in [0.25, 0.3) is 0 Å². The van der Waals surface area contributed by atoms with Gasteiger partial charge in [-0.05, 0) is 42.7 Å². The molecule has 2 aromatic rings. The van der Waals surface area contributed by atoms with E-state index in [9.17, 15) is 5.26 Å². The van der Waals surface area contributed by atoms with Crippen molar-refractivity contribution >= 4 is 28.2 Å². The molecule has 1 aliphatic rings. The number of hydrogen-bond donors (Lipinski definition) is 0. The van der Waals surface area contributed by atoms with Crippen molar-refractivity contribution in [2.75, 3.05) is 0 Å². The van der Waals surface area contributed by atoms with Crippen molar-refractivity contribution < 1.29 is 0 Å². The van der Waals surface area contributed by atoms with Gasteiger partial charge >= 0.3 is 0 Å². The molecule has 1 fully saturated rings. The normalized spacial score (nSPS) is 14.7. The van der Waals surface area contributed by atoms with Crippen molar-refractivity contribution in [3.8, 4) is 16.6 Å².